The summed E-state index contributed by atoms with van der Waals surface area (Å²) < 4.78 is 5.50. The highest BCUT2D eigenvalue weighted by atomic mass is 16.6. The molecule has 3 amide bonds. The van der Waals surface area contributed by atoms with Gasteiger partial charge in [-0.1, -0.05) is 56.5 Å². The zero-order valence-corrected chi connectivity index (χ0v) is 25.5. The van der Waals surface area contributed by atoms with Crippen LogP contribution in [0.4, 0.5) is 4.79 Å². The number of amides is 3. The third-order valence-electron chi connectivity index (χ3n) is 7.47. The highest BCUT2D eigenvalue weighted by Gasteiger charge is 2.37. The highest BCUT2D eigenvalue weighted by Crippen LogP contribution is 2.27. The fourth-order valence-electron chi connectivity index (χ4n) is 5.26. The van der Waals surface area contributed by atoms with Crippen molar-refractivity contribution >= 4 is 17.9 Å². The average Bonchev–Trinajstić information content (AvgIpc) is 2.90. The number of aryl methyl sites for hydroxylation is 2. The molecule has 2 atom stereocenters. The van der Waals surface area contributed by atoms with Gasteiger partial charge in [0, 0.05) is 19.0 Å². The molecule has 3 rings (SSSR count). The van der Waals surface area contributed by atoms with Gasteiger partial charge in [-0.05, 0) is 88.3 Å². The van der Waals surface area contributed by atoms with Crippen LogP contribution in [-0.4, -0.2) is 52.1 Å². The molecule has 2 aromatic rings. The predicted octanol–water partition coefficient (Wildman–Crippen LogP) is 5.87. The highest BCUT2D eigenvalue weighted by molar-refractivity contribution is 5.92. The zero-order valence-electron chi connectivity index (χ0n) is 25.5. The Morgan fingerprint density at radius 1 is 1.00 bits per heavy atom. The molecule has 1 aliphatic carbocycles. The largest absolute Gasteiger partial charge is 0.508 e. The van der Waals surface area contributed by atoms with E-state index in [0.29, 0.717) is 13.0 Å². The Morgan fingerprint density at radius 3 is 2.24 bits per heavy atom. The number of hydrogen-bond acceptors (Lipinski definition) is 5. The van der Waals surface area contributed by atoms with Crippen LogP contribution in [0.2, 0.25) is 0 Å². The monoisotopic (exact) mass is 565 g/mol. The summed E-state index contributed by atoms with van der Waals surface area (Å²) in [7, 11) is 0. The van der Waals surface area contributed by atoms with E-state index in [1.54, 1.807) is 49.9 Å². The second-order valence-electron chi connectivity index (χ2n) is 12.2. The molecule has 1 aliphatic rings. The van der Waals surface area contributed by atoms with Crippen LogP contribution in [-0.2, 0) is 20.7 Å². The number of hydrogen-bond donors (Lipinski definition) is 3. The minimum atomic E-state index is -0.988. The van der Waals surface area contributed by atoms with Gasteiger partial charge < -0.3 is 25.4 Å². The molecule has 41 heavy (non-hydrogen) atoms. The van der Waals surface area contributed by atoms with Gasteiger partial charge in [0.05, 0.1) is 0 Å². The number of nitrogens with zero attached hydrogens (tertiary/aromatic N) is 1. The molecule has 224 valence electrons. The van der Waals surface area contributed by atoms with Gasteiger partial charge >= 0.3 is 6.09 Å². The van der Waals surface area contributed by atoms with Crippen molar-refractivity contribution in [2.24, 2.45) is 0 Å². The van der Waals surface area contributed by atoms with Crippen molar-refractivity contribution in [2.75, 3.05) is 6.54 Å². The lowest BCUT2D eigenvalue weighted by molar-refractivity contribution is -0.142. The zero-order chi connectivity index (χ0) is 30.2. The van der Waals surface area contributed by atoms with Gasteiger partial charge in [0.2, 0.25) is 11.8 Å². The van der Waals surface area contributed by atoms with Gasteiger partial charge in [-0.2, -0.15) is 0 Å². The van der Waals surface area contributed by atoms with Crippen LogP contribution in [0.15, 0.2) is 42.5 Å². The van der Waals surface area contributed by atoms with Crippen molar-refractivity contribution in [1.82, 2.24) is 15.5 Å². The van der Waals surface area contributed by atoms with Gasteiger partial charge in [0.25, 0.3) is 0 Å². The first-order valence-corrected chi connectivity index (χ1v) is 14.8. The first-order chi connectivity index (χ1) is 19.4. The lowest BCUT2D eigenvalue weighted by Gasteiger charge is -2.36. The van der Waals surface area contributed by atoms with Crippen molar-refractivity contribution in [3.05, 3.63) is 64.7 Å². The van der Waals surface area contributed by atoms with Crippen molar-refractivity contribution < 1.29 is 24.2 Å². The number of alkyl carbamates (subject to hydrolysis) is 1. The Bertz CT molecular complexity index is 1180. The van der Waals surface area contributed by atoms with Crippen molar-refractivity contribution in [1.29, 1.82) is 0 Å². The molecule has 1 fully saturated rings. The number of rotatable bonds is 10. The molecule has 0 aliphatic heterocycles. The Hall–Kier alpha value is -3.55. The molecule has 3 N–H and O–H groups in total. The van der Waals surface area contributed by atoms with Crippen LogP contribution in [0.25, 0.3) is 0 Å². The number of phenols is 1. The number of carbonyl (C=O) groups excluding carboxylic acids is 3. The lowest BCUT2D eigenvalue weighted by atomic mass is 9.93. The number of nitrogens with one attached hydrogen (secondary N) is 2. The van der Waals surface area contributed by atoms with Crippen LogP contribution in [0.3, 0.4) is 0 Å². The summed E-state index contributed by atoms with van der Waals surface area (Å²) >= 11 is 0. The van der Waals surface area contributed by atoms with E-state index in [9.17, 15) is 19.5 Å². The van der Waals surface area contributed by atoms with Crippen LogP contribution < -0.4 is 10.6 Å². The molecule has 0 bridgehead atoms. The second kappa shape index (κ2) is 14.4. The molecular weight excluding hydrogens is 518 g/mol. The van der Waals surface area contributed by atoms with E-state index in [2.05, 4.69) is 10.6 Å². The number of ether oxygens (including phenoxy) is 1. The van der Waals surface area contributed by atoms with E-state index in [-0.39, 0.29) is 30.0 Å². The summed E-state index contributed by atoms with van der Waals surface area (Å²) in [6.07, 6.45) is 5.26. The standard InChI is InChI=1S/C33H47N3O5/c1-7-19-36(29(25-16-13-22(2)23(3)20-25)30(38)34-26-11-9-8-10-12-26)31(39)28(35-32(40)41-33(4,5)6)21-24-14-17-27(37)18-15-24/h13-18,20,26,28-29,37H,7-12,19,21H2,1-6H3,(H,34,38)(H,35,40). The SMILES string of the molecule is CCCN(C(=O)C(Cc1ccc(O)cc1)NC(=O)OC(C)(C)C)C(C(=O)NC1CCCCC1)c1ccc(C)c(C)c1. The Morgan fingerprint density at radius 2 is 1.66 bits per heavy atom. The van der Waals surface area contributed by atoms with Gasteiger partial charge in [-0.15, -0.1) is 0 Å². The topological polar surface area (TPSA) is 108 Å². The van der Waals surface area contributed by atoms with Crippen molar-refractivity contribution in [2.45, 2.75) is 110 Å². The number of benzene rings is 2. The van der Waals surface area contributed by atoms with E-state index >= 15 is 0 Å². The number of carbonyl (C=O) groups is 3. The molecule has 0 spiro atoms. The second-order valence-corrected chi connectivity index (χ2v) is 12.2. The summed E-state index contributed by atoms with van der Waals surface area (Å²) in [5.74, 6) is -0.464. The Balaban J connectivity index is 2.01. The first kappa shape index (κ1) is 32.0. The lowest BCUT2D eigenvalue weighted by Crippen LogP contribution is -2.54. The molecule has 2 unspecified atom stereocenters. The normalized spacial score (nSPS) is 15.5. The molecule has 8 nitrogen and oxygen atoms in total. The van der Waals surface area contributed by atoms with E-state index in [1.807, 2.05) is 39.0 Å². The fourth-order valence-corrected chi connectivity index (χ4v) is 5.26. The molecule has 0 saturated heterocycles. The molecular formula is C33H47N3O5. The quantitative estimate of drug-likeness (QED) is 0.334. The third kappa shape index (κ3) is 9.51. The van der Waals surface area contributed by atoms with Gasteiger partial charge in [0.15, 0.2) is 0 Å². The van der Waals surface area contributed by atoms with Gasteiger partial charge in [-0.3, -0.25) is 9.59 Å². The van der Waals surface area contributed by atoms with Gasteiger partial charge in [0.1, 0.15) is 23.4 Å². The maximum Gasteiger partial charge on any atom is 0.408 e. The molecule has 0 radical (unpaired) electrons. The van der Waals surface area contributed by atoms with Crippen molar-refractivity contribution in [3.63, 3.8) is 0 Å². The average molecular weight is 566 g/mol. The maximum absolute atomic E-state index is 14.4. The molecule has 0 aromatic heterocycles. The van der Waals surface area contributed by atoms with Crippen molar-refractivity contribution in [3.8, 4) is 5.75 Å². The molecule has 1 saturated carbocycles. The predicted molar refractivity (Wildman–Crippen MR) is 161 cm³/mol. The Kier molecular flexibility index (Phi) is 11.2. The van der Waals surface area contributed by atoms with Crippen LogP contribution in [0.5, 0.6) is 5.75 Å². The summed E-state index contributed by atoms with van der Waals surface area (Å²) in [6.45, 7) is 11.6. The van der Waals surface area contributed by atoms with E-state index in [0.717, 1.165) is 47.9 Å². The number of phenolic OH excluding ortho intramolecular Hbond substituents is 1. The van der Waals surface area contributed by atoms with E-state index in [1.165, 1.54) is 6.42 Å². The van der Waals surface area contributed by atoms with E-state index < -0.39 is 23.8 Å². The molecule has 8 heteroatoms. The van der Waals surface area contributed by atoms with Gasteiger partial charge in [-0.25, -0.2) is 4.79 Å². The minimum absolute atomic E-state index is 0.0801. The maximum atomic E-state index is 14.4. The summed E-state index contributed by atoms with van der Waals surface area (Å²) in [5.41, 5.74) is 2.88. The number of aromatic hydroxyl groups is 1. The first-order valence-electron chi connectivity index (χ1n) is 14.8. The summed E-state index contributed by atoms with van der Waals surface area (Å²) in [6, 6.07) is 10.6. The smallest absolute Gasteiger partial charge is 0.408 e. The summed E-state index contributed by atoms with van der Waals surface area (Å²) in [5, 5.41) is 15.8. The van der Waals surface area contributed by atoms with Crippen LogP contribution in [0, 0.1) is 13.8 Å². The third-order valence-corrected chi connectivity index (χ3v) is 7.47. The fraction of sp³-hybridized carbons (Fsp3) is 0.545. The minimum Gasteiger partial charge on any atom is -0.508 e. The van der Waals surface area contributed by atoms with Crippen LogP contribution in [0.1, 0.15) is 94.5 Å². The summed E-state index contributed by atoms with van der Waals surface area (Å²) in [4.78, 5) is 42.9. The van der Waals surface area contributed by atoms with E-state index in [4.69, 9.17) is 4.74 Å². The molecule has 0 heterocycles. The molecule has 2 aromatic carbocycles. The Labute approximate surface area is 244 Å². The van der Waals surface area contributed by atoms with Crippen LogP contribution >= 0.6 is 0 Å².